The van der Waals surface area contributed by atoms with Crippen LogP contribution in [0.3, 0.4) is 0 Å². The highest BCUT2D eigenvalue weighted by atomic mass is 15.2. The molecule has 120 valence electrons. The van der Waals surface area contributed by atoms with Crippen LogP contribution in [0.15, 0.2) is 0 Å². The summed E-state index contributed by atoms with van der Waals surface area (Å²) in [6.45, 7) is 14.2. The topological polar surface area (TPSA) is 15.3 Å². The van der Waals surface area contributed by atoms with E-state index in [1.165, 1.54) is 58.0 Å². The van der Waals surface area contributed by atoms with Gasteiger partial charge in [0.1, 0.15) is 0 Å². The zero-order valence-electron chi connectivity index (χ0n) is 14.6. The minimum absolute atomic E-state index is 0.725. The molecule has 0 heterocycles. The van der Waals surface area contributed by atoms with Gasteiger partial charge in [-0.2, -0.15) is 0 Å². The van der Waals surface area contributed by atoms with Crippen molar-refractivity contribution >= 4 is 0 Å². The van der Waals surface area contributed by atoms with E-state index < -0.39 is 0 Å². The molecule has 0 radical (unpaired) electrons. The lowest BCUT2D eigenvalue weighted by molar-refractivity contribution is 0.0622. The molecular weight excluding hydrogens is 244 g/mol. The maximum absolute atomic E-state index is 3.84. The molecule has 0 aromatic carbocycles. The van der Waals surface area contributed by atoms with Crippen LogP contribution >= 0.6 is 0 Å². The van der Waals surface area contributed by atoms with Crippen molar-refractivity contribution < 1.29 is 0 Å². The molecular formula is C18H38N2. The van der Waals surface area contributed by atoms with E-state index >= 15 is 0 Å². The predicted octanol–water partition coefficient (Wildman–Crippen LogP) is 4.44. The van der Waals surface area contributed by atoms with E-state index in [2.05, 4.69) is 44.8 Å². The van der Waals surface area contributed by atoms with Crippen molar-refractivity contribution in [2.75, 3.05) is 13.1 Å². The summed E-state index contributed by atoms with van der Waals surface area (Å²) in [5.41, 5.74) is 0. The third-order valence-electron chi connectivity index (χ3n) is 4.80. The Bertz CT molecular complexity index is 236. The SMILES string of the molecule is CCCNC1CCCCC1N(CC(C)C)C(CC)CC. The average molecular weight is 283 g/mol. The molecule has 0 aromatic rings. The summed E-state index contributed by atoms with van der Waals surface area (Å²) in [4.78, 5) is 2.86. The van der Waals surface area contributed by atoms with Gasteiger partial charge in [-0.15, -0.1) is 0 Å². The van der Waals surface area contributed by atoms with Crippen LogP contribution in [-0.4, -0.2) is 36.1 Å². The molecule has 0 aromatic heterocycles. The van der Waals surface area contributed by atoms with Crippen LogP contribution in [0.1, 0.15) is 79.6 Å². The smallest absolute Gasteiger partial charge is 0.0252 e. The number of nitrogens with one attached hydrogen (secondary N) is 1. The Morgan fingerprint density at radius 2 is 1.70 bits per heavy atom. The Kier molecular flexibility index (Phi) is 8.79. The van der Waals surface area contributed by atoms with Gasteiger partial charge in [0.05, 0.1) is 0 Å². The first-order chi connectivity index (χ1) is 9.63. The van der Waals surface area contributed by atoms with E-state index in [4.69, 9.17) is 0 Å². The predicted molar refractivity (Wildman–Crippen MR) is 90.3 cm³/mol. The average Bonchev–Trinajstić information content (AvgIpc) is 2.45. The molecule has 2 heteroatoms. The normalized spacial score (nSPS) is 24.0. The van der Waals surface area contributed by atoms with Crippen LogP contribution < -0.4 is 5.32 Å². The van der Waals surface area contributed by atoms with Crippen molar-refractivity contribution in [2.24, 2.45) is 5.92 Å². The van der Waals surface area contributed by atoms with Gasteiger partial charge in [0.2, 0.25) is 0 Å². The van der Waals surface area contributed by atoms with Crippen molar-refractivity contribution in [2.45, 2.75) is 97.7 Å². The summed E-state index contributed by atoms with van der Waals surface area (Å²) < 4.78 is 0. The molecule has 1 rings (SSSR count). The minimum Gasteiger partial charge on any atom is -0.312 e. The Morgan fingerprint density at radius 1 is 1.05 bits per heavy atom. The Balaban J connectivity index is 2.77. The van der Waals surface area contributed by atoms with Gasteiger partial charge in [0.25, 0.3) is 0 Å². The Hall–Kier alpha value is -0.0800. The van der Waals surface area contributed by atoms with Crippen LogP contribution in [0.5, 0.6) is 0 Å². The summed E-state index contributed by atoms with van der Waals surface area (Å²) in [7, 11) is 0. The Morgan fingerprint density at radius 3 is 2.25 bits per heavy atom. The first kappa shape index (κ1) is 18.0. The second-order valence-corrected chi connectivity index (χ2v) is 6.97. The van der Waals surface area contributed by atoms with Gasteiger partial charge in [-0.05, 0) is 44.6 Å². The van der Waals surface area contributed by atoms with Gasteiger partial charge in [0.15, 0.2) is 0 Å². The van der Waals surface area contributed by atoms with Gasteiger partial charge < -0.3 is 5.32 Å². The molecule has 2 nitrogen and oxygen atoms in total. The van der Waals surface area contributed by atoms with Gasteiger partial charge in [0, 0.05) is 24.7 Å². The van der Waals surface area contributed by atoms with Gasteiger partial charge >= 0.3 is 0 Å². The summed E-state index contributed by atoms with van der Waals surface area (Å²) in [6, 6.07) is 2.26. The van der Waals surface area contributed by atoms with Crippen molar-refractivity contribution in [3.63, 3.8) is 0 Å². The highest BCUT2D eigenvalue weighted by Gasteiger charge is 2.32. The molecule has 1 fully saturated rings. The van der Waals surface area contributed by atoms with E-state index in [-0.39, 0.29) is 0 Å². The van der Waals surface area contributed by atoms with Crippen molar-refractivity contribution in [1.29, 1.82) is 0 Å². The molecule has 20 heavy (non-hydrogen) atoms. The van der Waals surface area contributed by atoms with E-state index in [9.17, 15) is 0 Å². The van der Waals surface area contributed by atoms with Crippen LogP contribution in [0.25, 0.3) is 0 Å². The lowest BCUT2D eigenvalue weighted by Gasteiger charge is -2.45. The fourth-order valence-corrected chi connectivity index (χ4v) is 3.81. The third-order valence-corrected chi connectivity index (χ3v) is 4.80. The summed E-state index contributed by atoms with van der Waals surface area (Å²) in [5.74, 6) is 0.768. The maximum atomic E-state index is 3.84. The van der Waals surface area contributed by atoms with Gasteiger partial charge in [-0.1, -0.05) is 47.5 Å². The van der Waals surface area contributed by atoms with E-state index in [0.717, 1.165) is 24.0 Å². The maximum Gasteiger partial charge on any atom is 0.0252 e. The molecule has 1 saturated carbocycles. The standard InChI is InChI=1S/C18H38N2/c1-6-13-19-17-11-9-10-12-18(17)20(14-15(4)5)16(7-2)8-3/h15-19H,6-14H2,1-5H3. The summed E-state index contributed by atoms with van der Waals surface area (Å²) in [6.07, 6.45) is 9.43. The number of hydrogen-bond acceptors (Lipinski definition) is 2. The zero-order chi connectivity index (χ0) is 15.0. The third kappa shape index (κ3) is 5.37. The highest BCUT2D eigenvalue weighted by molar-refractivity contribution is 4.91. The lowest BCUT2D eigenvalue weighted by Crippen LogP contribution is -2.55. The lowest BCUT2D eigenvalue weighted by atomic mass is 9.87. The fraction of sp³-hybridized carbons (Fsp3) is 1.00. The molecule has 0 spiro atoms. The van der Waals surface area contributed by atoms with E-state index in [1.807, 2.05) is 0 Å². The van der Waals surface area contributed by atoms with Crippen LogP contribution in [0.2, 0.25) is 0 Å². The zero-order valence-corrected chi connectivity index (χ0v) is 14.6. The second-order valence-electron chi connectivity index (χ2n) is 6.97. The molecule has 2 unspecified atom stereocenters. The minimum atomic E-state index is 0.725. The molecule has 0 saturated heterocycles. The van der Waals surface area contributed by atoms with Gasteiger partial charge in [-0.3, -0.25) is 4.90 Å². The molecule has 1 aliphatic carbocycles. The van der Waals surface area contributed by atoms with Gasteiger partial charge in [-0.25, -0.2) is 0 Å². The fourth-order valence-electron chi connectivity index (χ4n) is 3.81. The Labute approximate surface area is 127 Å². The molecule has 0 bridgehead atoms. The number of rotatable bonds is 9. The first-order valence-electron chi connectivity index (χ1n) is 9.13. The van der Waals surface area contributed by atoms with E-state index in [1.54, 1.807) is 0 Å². The van der Waals surface area contributed by atoms with Crippen LogP contribution in [0.4, 0.5) is 0 Å². The number of nitrogens with zero attached hydrogens (tertiary/aromatic N) is 1. The largest absolute Gasteiger partial charge is 0.312 e. The van der Waals surface area contributed by atoms with Crippen molar-refractivity contribution in [1.82, 2.24) is 10.2 Å². The number of hydrogen-bond donors (Lipinski definition) is 1. The second kappa shape index (κ2) is 9.78. The van der Waals surface area contributed by atoms with Crippen molar-refractivity contribution in [3.05, 3.63) is 0 Å². The molecule has 1 aliphatic rings. The molecule has 1 N–H and O–H groups in total. The molecule has 0 amide bonds. The molecule has 0 aliphatic heterocycles. The summed E-state index contributed by atoms with van der Waals surface area (Å²) >= 11 is 0. The summed E-state index contributed by atoms with van der Waals surface area (Å²) in [5, 5.41) is 3.84. The first-order valence-corrected chi connectivity index (χ1v) is 9.13. The quantitative estimate of drug-likeness (QED) is 0.672. The van der Waals surface area contributed by atoms with E-state index in [0.29, 0.717) is 0 Å². The highest BCUT2D eigenvalue weighted by Crippen LogP contribution is 2.27. The van der Waals surface area contributed by atoms with Crippen LogP contribution in [-0.2, 0) is 0 Å². The monoisotopic (exact) mass is 282 g/mol. The van der Waals surface area contributed by atoms with Crippen LogP contribution in [0, 0.1) is 5.92 Å². The molecule has 2 atom stereocenters. The van der Waals surface area contributed by atoms with Crippen molar-refractivity contribution in [3.8, 4) is 0 Å².